The van der Waals surface area contributed by atoms with Gasteiger partial charge in [-0.25, -0.2) is 4.79 Å². The minimum atomic E-state index is -1.85. The third kappa shape index (κ3) is 7.55. The fraction of sp³-hybridized carbons (Fsp3) is 0.929. The highest BCUT2D eigenvalue weighted by atomic mass is 32.1. The molecule has 0 aliphatic rings. The number of amides is 1. The molecule has 20 heavy (non-hydrogen) atoms. The molecular weight excluding hydrogens is 290 g/mol. The number of hydrogen-bond acceptors (Lipinski definition) is 4. The molecule has 4 nitrogen and oxygen atoms in total. The number of thiol groups is 1. The predicted molar refractivity (Wildman–Crippen MR) is 90.2 cm³/mol. The zero-order valence-corrected chi connectivity index (χ0v) is 16.1. The van der Waals surface area contributed by atoms with Gasteiger partial charge in [0.1, 0.15) is 5.60 Å². The highest BCUT2D eigenvalue weighted by Gasteiger charge is 2.39. The first-order chi connectivity index (χ1) is 8.78. The first kappa shape index (κ1) is 19.8. The van der Waals surface area contributed by atoms with E-state index in [1.807, 2.05) is 20.8 Å². The monoisotopic (exact) mass is 321 g/mol. The number of ether oxygens (including phenoxy) is 1. The van der Waals surface area contributed by atoms with Gasteiger partial charge in [-0.2, -0.15) is 12.6 Å². The standard InChI is InChI=1S/C14H31NO3SSi/c1-13(2,3)17-12(16)15-9-11(10-19)18-20(7,8)14(4,5)6/h11,19H,9-10H2,1-8H3,(H,15,16). The largest absolute Gasteiger partial charge is 0.444 e. The van der Waals surface area contributed by atoms with Crippen molar-refractivity contribution in [2.75, 3.05) is 12.3 Å². The Kier molecular flexibility index (Phi) is 7.11. The molecular formula is C14H31NO3SSi. The van der Waals surface area contributed by atoms with Crippen LogP contribution in [0.5, 0.6) is 0 Å². The summed E-state index contributed by atoms with van der Waals surface area (Å²) in [6.07, 6.45) is -0.505. The minimum absolute atomic E-state index is 0.0910. The highest BCUT2D eigenvalue weighted by Crippen LogP contribution is 2.37. The third-order valence-electron chi connectivity index (χ3n) is 3.34. The van der Waals surface area contributed by atoms with Crippen LogP contribution in [0.3, 0.4) is 0 Å². The van der Waals surface area contributed by atoms with E-state index < -0.39 is 20.0 Å². The van der Waals surface area contributed by atoms with E-state index in [2.05, 4.69) is 51.8 Å². The van der Waals surface area contributed by atoms with Crippen molar-refractivity contribution < 1.29 is 14.0 Å². The SMILES string of the molecule is CC(C)(C)OC(=O)NCC(CS)O[Si](C)(C)C(C)(C)C. The molecule has 0 spiro atoms. The van der Waals surface area contributed by atoms with Gasteiger partial charge in [0, 0.05) is 12.3 Å². The Morgan fingerprint density at radius 2 is 1.70 bits per heavy atom. The maximum atomic E-state index is 11.6. The van der Waals surface area contributed by atoms with E-state index in [4.69, 9.17) is 9.16 Å². The summed E-state index contributed by atoms with van der Waals surface area (Å²) in [4.78, 5) is 11.6. The molecule has 0 aromatic rings. The molecule has 1 unspecified atom stereocenters. The van der Waals surface area contributed by atoms with Crippen LogP contribution in [0.2, 0.25) is 18.1 Å². The van der Waals surface area contributed by atoms with Crippen molar-refractivity contribution in [1.82, 2.24) is 5.32 Å². The summed E-state index contributed by atoms with van der Waals surface area (Å²) < 4.78 is 11.4. The van der Waals surface area contributed by atoms with Crippen molar-refractivity contribution in [3.63, 3.8) is 0 Å². The van der Waals surface area contributed by atoms with Gasteiger partial charge in [0.25, 0.3) is 0 Å². The van der Waals surface area contributed by atoms with Crippen LogP contribution >= 0.6 is 12.6 Å². The van der Waals surface area contributed by atoms with Crippen molar-refractivity contribution in [1.29, 1.82) is 0 Å². The quantitative estimate of drug-likeness (QED) is 0.597. The first-order valence-electron chi connectivity index (χ1n) is 7.04. The first-order valence-corrected chi connectivity index (χ1v) is 10.6. The second-order valence-electron chi connectivity index (χ2n) is 7.57. The van der Waals surface area contributed by atoms with Crippen LogP contribution < -0.4 is 5.32 Å². The molecule has 0 saturated carbocycles. The van der Waals surface area contributed by atoms with Gasteiger partial charge < -0.3 is 14.5 Å². The Morgan fingerprint density at radius 1 is 1.20 bits per heavy atom. The van der Waals surface area contributed by atoms with Gasteiger partial charge in [-0.05, 0) is 38.9 Å². The summed E-state index contributed by atoms with van der Waals surface area (Å²) in [5, 5.41) is 2.89. The lowest BCUT2D eigenvalue weighted by molar-refractivity contribution is 0.0503. The molecule has 1 atom stereocenters. The normalized spacial score (nSPS) is 14.8. The zero-order valence-electron chi connectivity index (χ0n) is 14.2. The van der Waals surface area contributed by atoms with Crippen LogP contribution in [0, 0.1) is 0 Å². The fourth-order valence-electron chi connectivity index (χ4n) is 1.25. The molecule has 0 aromatic carbocycles. The van der Waals surface area contributed by atoms with Crippen LogP contribution in [0.4, 0.5) is 4.79 Å². The molecule has 0 aliphatic carbocycles. The third-order valence-corrected chi connectivity index (χ3v) is 8.29. The van der Waals surface area contributed by atoms with Crippen LogP contribution in [0.15, 0.2) is 0 Å². The second kappa shape index (κ2) is 7.18. The molecule has 1 amide bonds. The lowest BCUT2D eigenvalue weighted by Crippen LogP contribution is -2.48. The number of hydrogen-bond donors (Lipinski definition) is 2. The van der Waals surface area contributed by atoms with Gasteiger partial charge in [0.2, 0.25) is 0 Å². The maximum Gasteiger partial charge on any atom is 0.407 e. The Hall–Kier alpha value is -0.203. The number of carbonyl (C=O) groups is 1. The Balaban J connectivity index is 4.41. The van der Waals surface area contributed by atoms with Crippen LogP contribution in [0.25, 0.3) is 0 Å². The topological polar surface area (TPSA) is 47.6 Å². The summed E-state index contributed by atoms with van der Waals surface area (Å²) in [5.41, 5.74) is -0.485. The van der Waals surface area contributed by atoms with Crippen molar-refractivity contribution in [3.8, 4) is 0 Å². The van der Waals surface area contributed by atoms with E-state index in [1.165, 1.54) is 0 Å². The summed E-state index contributed by atoms with van der Waals surface area (Å²) in [5.74, 6) is 0.572. The summed E-state index contributed by atoms with van der Waals surface area (Å²) >= 11 is 4.32. The lowest BCUT2D eigenvalue weighted by atomic mass is 10.2. The number of nitrogens with one attached hydrogen (secondary N) is 1. The van der Waals surface area contributed by atoms with Gasteiger partial charge in [-0.3, -0.25) is 0 Å². The maximum absolute atomic E-state index is 11.6. The van der Waals surface area contributed by atoms with Crippen molar-refractivity contribution in [3.05, 3.63) is 0 Å². The molecule has 0 bridgehead atoms. The fourth-order valence-corrected chi connectivity index (χ4v) is 2.95. The number of rotatable bonds is 5. The van der Waals surface area contributed by atoms with E-state index in [-0.39, 0.29) is 11.1 Å². The van der Waals surface area contributed by atoms with Gasteiger partial charge in [-0.15, -0.1) is 0 Å². The number of carbonyl (C=O) groups excluding carboxylic acids is 1. The zero-order chi connectivity index (χ0) is 16.2. The van der Waals surface area contributed by atoms with E-state index in [0.717, 1.165) is 0 Å². The van der Waals surface area contributed by atoms with E-state index in [0.29, 0.717) is 12.3 Å². The molecule has 0 radical (unpaired) electrons. The van der Waals surface area contributed by atoms with Crippen molar-refractivity contribution in [2.24, 2.45) is 0 Å². The Morgan fingerprint density at radius 3 is 2.05 bits per heavy atom. The molecule has 0 aliphatic heterocycles. The molecule has 0 heterocycles. The average Bonchev–Trinajstić information content (AvgIpc) is 2.19. The van der Waals surface area contributed by atoms with Crippen molar-refractivity contribution in [2.45, 2.75) is 71.4 Å². The van der Waals surface area contributed by atoms with Gasteiger partial charge in [-0.1, -0.05) is 20.8 Å². The summed E-state index contributed by atoms with van der Waals surface area (Å²) in [6.45, 7) is 16.9. The minimum Gasteiger partial charge on any atom is -0.444 e. The summed E-state index contributed by atoms with van der Waals surface area (Å²) in [6, 6.07) is 0. The van der Waals surface area contributed by atoms with Crippen LogP contribution in [-0.4, -0.2) is 38.4 Å². The second-order valence-corrected chi connectivity index (χ2v) is 12.7. The lowest BCUT2D eigenvalue weighted by Gasteiger charge is -2.39. The number of alkyl carbamates (subject to hydrolysis) is 1. The molecule has 0 rings (SSSR count). The summed E-state index contributed by atoms with van der Waals surface area (Å²) in [7, 11) is -1.85. The Labute approximate surface area is 130 Å². The smallest absolute Gasteiger partial charge is 0.407 e. The predicted octanol–water partition coefficient (Wildman–Crippen LogP) is 3.83. The highest BCUT2D eigenvalue weighted by molar-refractivity contribution is 7.80. The molecule has 0 aromatic heterocycles. The molecule has 6 heteroatoms. The van der Waals surface area contributed by atoms with E-state index in [9.17, 15) is 4.79 Å². The van der Waals surface area contributed by atoms with Crippen LogP contribution in [0.1, 0.15) is 41.5 Å². The Bertz CT molecular complexity index is 321. The van der Waals surface area contributed by atoms with Crippen molar-refractivity contribution >= 4 is 27.0 Å². The molecule has 0 saturated heterocycles. The molecule has 1 N–H and O–H groups in total. The average molecular weight is 322 g/mol. The molecule has 0 fully saturated rings. The molecule has 120 valence electrons. The van der Waals surface area contributed by atoms with Crippen LogP contribution in [-0.2, 0) is 9.16 Å². The van der Waals surface area contributed by atoms with E-state index in [1.54, 1.807) is 0 Å². The van der Waals surface area contributed by atoms with Gasteiger partial charge >= 0.3 is 6.09 Å². The van der Waals surface area contributed by atoms with E-state index >= 15 is 0 Å². The van der Waals surface area contributed by atoms with Gasteiger partial charge in [0.15, 0.2) is 8.32 Å². The van der Waals surface area contributed by atoms with Gasteiger partial charge in [0.05, 0.1) is 6.10 Å².